The van der Waals surface area contributed by atoms with Crippen LogP contribution in [0.4, 0.5) is 0 Å². The molecule has 208 valence electrons. The van der Waals surface area contributed by atoms with Crippen LogP contribution < -0.4 is 3.54 Å². The molecule has 0 atom stereocenters. The topological polar surface area (TPSA) is 39.1 Å². The number of allylic oxidation sites excluding steroid dienone is 1. The van der Waals surface area contributed by atoms with E-state index in [0.717, 1.165) is 23.2 Å². The molecule has 0 radical (unpaired) electrons. The molecule has 3 aromatic carbocycles. The molecular formula is C35H49N3Sn. The summed E-state index contributed by atoms with van der Waals surface area (Å²) < 4.78 is 8.39. The molecule has 0 aliphatic heterocycles. The van der Waals surface area contributed by atoms with Crippen molar-refractivity contribution in [1.82, 2.24) is 8.44 Å². The van der Waals surface area contributed by atoms with Gasteiger partial charge in [-0.15, -0.1) is 0 Å². The molecule has 0 aromatic heterocycles. The van der Waals surface area contributed by atoms with Gasteiger partial charge in [0.25, 0.3) is 0 Å². The van der Waals surface area contributed by atoms with Crippen molar-refractivity contribution in [3.63, 3.8) is 0 Å². The second-order valence-electron chi connectivity index (χ2n) is 10.7. The van der Waals surface area contributed by atoms with Gasteiger partial charge in [0.2, 0.25) is 0 Å². The van der Waals surface area contributed by atoms with Crippen LogP contribution in [-0.2, 0) is 5.54 Å². The first-order valence-corrected chi connectivity index (χ1v) is 21.9. The zero-order valence-electron chi connectivity index (χ0n) is 24.6. The third kappa shape index (κ3) is 7.43. The molecule has 0 amide bonds. The fraction of sp³-hybridized carbons (Fsp3) is 0.400. The van der Waals surface area contributed by atoms with Crippen LogP contribution in [-0.4, -0.2) is 36.4 Å². The summed E-state index contributed by atoms with van der Waals surface area (Å²) >= 11 is -2.94. The first-order chi connectivity index (χ1) is 19.1. The number of benzene rings is 3. The van der Waals surface area contributed by atoms with E-state index in [0.29, 0.717) is 0 Å². The first-order valence-electron chi connectivity index (χ1n) is 15.0. The summed E-state index contributed by atoms with van der Waals surface area (Å²) in [6, 6.07) is 32.2. The molecule has 2 N–H and O–H groups in total. The normalized spacial score (nSPS) is 12.4. The van der Waals surface area contributed by atoms with Gasteiger partial charge < -0.3 is 0 Å². The van der Waals surface area contributed by atoms with E-state index in [2.05, 4.69) is 133 Å². The Balaban J connectivity index is 2.28. The van der Waals surface area contributed by atoms with Crippen molar-refractivity contribution in [3.8, 4) is 0 Å². The molecule has 0 heterocycles. The summed E-state index contributed by atoms with van der Waals surface area (Å²) in [7, 11) is 0. The summed E-state index contributed by atoms with van der Waals surface area (Å²) in [5.74, 6) is 0. The molecule has 0 unspecified atom stereocenters. The van der Waals surface area contributed by atoms with Crippen molar-refractivity contribution in [2.75, 3.05) is 6.54 Å². The second kappa shape index (κ2) is 16.0. The Bertz CT molecular complexity index is 1020. The minimum absolute atomic E-state index is 0.649. The van der Waals surface area contributed by atoms with Gasteiger partial charge in [0.15, 0.2) is 0 Å². The predicted molar refractivity (Wildman–Crippen MR) is 172 cm³/mol. The van der Waals surface area contributed by atoms with Gasteiger partial charge >= 0.3 is 243 Å². The van der Waals surface area contributed by atoms with Crippen LogP contribution in [0, 0.1) is 5.41 Å². The van der Waals surface area contributed by atoms with Gasteiger partial charge in [-0.1, -0.05) is 0 Å². The fourth-order valence-electron chi connectivity index (χ4n) is 5.85. The van der Waals surface area contributed by atoms with E-state index in [1.165, 1.54) is 51.0 Å². The Labute approximate surface area is 242 Å². The van der Waals surface area contributed by atoms with Crippen molar-refractivity contribution >= 4 is 25.0 Å². The van der Waals surface area contributed by atoms with Gasteiger partial charge in [-0.3, -0.25) is 0 Å². The van der Waals surface area contributed by atoms with Crippen LogP contribution >= 0.6 is 0 Å². The van der Waals surface area contributed by atoms with E-state index < -0.39 is 24.2 Å². The van der Waals surface area contributed by atoms with Gasteiger partial charge in [-0.25, -0.2) is 0 Å². The van der Waals surface area contributed by atoms with Gasteiger partial charge in [0, 0.05) is 0 Å². The zero-order chi connectivity index (χ0) is 28.0. The molecule has 0 bridgehead atoms. The molecule has 0 spiro atoms. The Morgan fingerprint density at radius 1 is 0.718 bits per heavy atom. The van der Waals surface area contributed by atoms with Crippen LogP contribution in [0.5, 0.6) is 0 Å². The summed E-state index contributed by atoms with van der Waals surface area (Å²) in [4.78, 5) is 2.20. The molecule has 0 saturated heterocycles. The van der Waals surface area contributed by atoms with Crippen molar-refractivity contribution in [2.24, 2.45) is 0 Å². The summed E-state index contributed by atoms with van der Waals surface area (Å²) in [5.41, 5.74) is 2.84. The van der Waals surface area contributed by atoms with Gasteiger partial charge in [0.05, 0.1) is 0 Å². The zero-order valence-corrected chi connectivity index (χ0v) is 27.5. The number of nitrogens with one attached hydrogen (secondary N) is 2. The fourth-order valence-corrected chi connectivity index (χ4v) is 19.1. The van der Waals surface area contributed by atoms with Crippen LogP contribution in [0.3, 0.4) is 0 Å². The third-order valence-electron chi connectivity index (χ3n) is 8.10. The second-order valence-corrected chi connectivity index (χ2v) is 23.0. The molecule has 0 fully saturated rings. The monoisotopic (exact) mass is 631 g/mol. The molecule has 3 rings (SSSR count). The van der Waals surface area contributed by atoms with E-state index in [1.807, 2.05) is 0 Å². The summed E-state index contributed by atoms with van der Waals surface area (Å²) in [6.07, 6.45) is 11.4. The number of nitrogens with zero attached hydrogens (tertiary/aromatic N) is 1. The van der Waals surface area contributed by atoms with E-state index in [-0.39, 0.29) is 0 Å². The average Bonchev–Trinajstić information content (AvgIpc) is 2.99. The van der Waals surface area contributed by atoms with Gasteiger partial charge in [-0.2, -0.15) is 0 Å². The Morgan fingerprint density at radius 2 is 1.13 bits per heavy atom. The molecule has 4 heteroatoms. The molecule has 3 aromatic rings. The first kappa shape index (κ1) is 31.2. The molecule has 0 aliphatic carbocycles. The standard InChI is InChI=1S/C23H21N2.C4H10N.2C4H9.Sn/c1-2-18-25(19-24)23(20-12-6-3-7-13-20,21-14-8-4-9-15-21)22-16-10-5-11-17-22;1-2-3-4-5;2*1-3-4-2;/h3-19,24H,1H3;5H,2-4H2,1H3;2*1,3-4H2,2H3;/q;-1;;;+1. The number of unbranched alkanes of at least 4 members (excludes halogenated alkanes) is 3. The minimum atomic E-state index is -2.94. The SMILES string of the molecule is CCCC[NH][Sn]([CH2]CCC)([CH2]CCC)/[C](C)=C/N(C=N)C(c1ccccc1)(c1ccccc1)c1ccccc1. The van der Waals surface area contributed by atoms with Crippen molar-refractivity contribution in [1.29, 1.82) is 5.41 Å². The predicted octanol–water partition coefficient (Wildman–Crippen LogP) is 9.27. The maximum atomic E-state index is 8.86. The van der Waals surface area contributed by atoms with Crippen LogP contribution in [0.2, 0.25) is 8.87 Å². The molecule has 0 saturated carbocycles. The number of hydrogen-bond acceptors (Lipinski definition) is 2. The van der Waals surface area contributed by atoms with Gasteiger partial charge in [-0.05, 0) is 0 Å². The van der Waals surface area contributed by atoms with E-state index in [4.69, 9.17) is 5.41 Å². The van der Waals surface area contributed by atoms with Crippen LogP contribution in [0.15, 0.2) is 101 Å². The van der Waals surface area contributed by atoms with Crippen LogP contribution in [0.25, 0.3) is 0 Å². The Kier molecular flexibility index (Phi) is 12.8. The Morgan fingerprint density at radius 3 is 1.49 bits per heavy atom. The number of rotatable bonds is 17. The van der Waals surface area contributed by atoms with Crippen molar-refractivity contribution in [2.45, 2.75) is 80.6 Å². The average molecular weight is 631 g/mol. The molecule has 39 heavy (non-hydrogen) atoms. The molecular weight excluding hydrogens is 581 g/mol. The quantitative estimate of drug-likeness (QED) is 0.0513. The molecule has 3 nitrogen and oxygen atoms in total. The third-order valence-corrected chi connectivity index (χ3v) is 22.3. The molecule has 0 aliphatic rings. The number of hydrogen-bond donors (Lipinski definition) is 2. The summed E-state index contributed by atoms with van der Waals surface area (Å²) in [5, 5.41) is 8.86. The van der Waals surface area contributed by atoms with Crippen LogP contribution in [0.1, 0.15) is 82.9 Å². The summed E-state index contributed by atoms with van der Waals surface area (Å²) in [6.45, 7) is 10.4. The van der Waals surface area contributed by atoms with Gasteiger partial charge in [0.1, 0.15) is 0 Å². The van der Waals surface area contributed by atoms with E-state index >= 15 is 0 Å². The Hall–Kier alpha value is -2.37. The van der Waals surface area contributed by atoms with Crippen molar-refractivity contribution < 1.29 is 0 Å². The maximum absolute atomic E-state index is 8.86. The van der Waals surface area contributed by atoms with E-state index in [9.17, 15) is 0 Å². The van der Waals surface area contributed by atoms with E-state index in [1.54, 1.807) is 6.34 Å². The van der Waals surface area contributed by atoms with Crippen molar-refractivity contribution in [3.05, 3.63) is 117 Å².